The first-order valence-corrected chi connectivity index (χ1v) is 7.43. The lowest BCUT2D eigenvalue weighted by molar-refractivity contribution is 0.611. The van der Waals surface area contributed by atoms with Crippen LogP contribution in [0.1, 0.15) is 51.8 Å². The van der Waals surface area contributed by atoms with E-state index in [1.165, 1.54) is 5.56 Å². The van der Waals surface area contributed by atoms with E-state index in [4.69, 9.17) is 0 Å². The molecule has 1 atom stereocenters. The third-order valence-corrected chi connectivity index (χ3v) is 3.53. The Morgan fingerprint density at radius 3 is 2.58 bits per heavy atom. The van der Waals surface area contributed by atoms with Gasteiger partial charge in [-0.1, -0.05) is 13.8 Å². The van der Waals surface area contributed by atoms with Crippen molar-refractivity contribution in [1.29, 1.82) is 0 Å². The highest BCUT2D eigenvalue weighted by atomic mass is 15.3. The van der Waals surface area contributed by atoms with Crippen LogP contribution in [0.3, 0.4) is 0 Å². The number of nitrogens with one attached hydrogen (secondary N) is 1. The molecule has 0 saturated heterocycles. The molecular weight excluding hydrogens is 236 g/mol. The molecule has 19 heavy (non-hydrogen) atoms. The van der Waals surface area contributed by atoms with Gasteiger partial charge in [0.15, 0.2) is 0 Å². The zero-order chi connectivity index (χ0) is 14.3. The first-order chi connectivity index (χ1) is 9.13. The summed E-state index contributed by atoms with van der Waals surface area (Å²) in [5.41, 5.74) is 2.27. The molecule has 0 radical (unpaired) electrons. The van der Waals surface area contributed by atoms with Crippen LogP contribution >= 0.6 is 0 Å². The smallest absolute Gasteiger partial charge is 0.225 e. The highest BCUT2D eigenvalue weighted by Gasteiger charge is 2.14. The molecule has 0 aliphatic rings. The van der Waals surface area contributed by atoms with Crippen LogP contribution in [0.25, 0.3) is 0 Å². The number of nitrogens with zero attached hydrogens (tertiary/aromatic N) is 3. The van der Waals surface area contributed by atoms with Crippen molar-refractivity contribution in [3.63, 3.8) is 0 Å². The summed E-state index contributed by atoms with van der Waals surface area (Å²) in [6, 6.07) is 0.480. The van der Waals surface area contributed by atoms with Gasteiger partial charge in [-0.15, -0.1) is 0 Å². The van der Waals surface area contributed by atoms with Gasteiger partial charge in [0.2, 0.25) is 5.95 Å². The predicted octanol–water partition coefficient (Wildman–Crippen LogP) is 2.91. The Hall–Kier alpha value is -1.16. The average molecular weight is 264 g/mol. The lowest BCUT2D eigenvalue weighted by Gasteiger charge is -2.27. The maximum Gasteiger partial charge on any atom is 0.225 e. The number of aryl methyl sites for hydroxylation is 1. The van der Waals surface area contributed by atoms with Crippen molar-refractivity contribution in [2.45, 2.75) is 60.0 Å². The Kier molecular flexibility index (Phi) is 6.78. The van der Waals surface area contributed by atoms with Gasteiger partial charge in [0.25, 0.3) is 0 Å². The van der Waals surface area contributed by atoms with E-state index in [2.05, 4.69) is 54.8 Å². The van der Waals surface area contributed by atoms with E-state index in [1.54, 1.807) is 0 Å². The van der Waals surface area contributed by atoms with Gasteiger partial charge in [-0.3, -0.25) is 0 Å². The normalized spacial score (nSPS) is 12.5. The lowest BCUT2D eigenvalue weighted by atomic mass is 10.2. The topological polar surface area (TPSA) is 41.1 Å². The molecule has 4 heteroatoms. The Balaban J connectivity index is 2.79. The van der Waals surface area contributed by atoms with Crippen molar-refractivity contribution in [2.24, 2.45) is 0 Å². The molecule has 1 N–H and O–H groups in total. The predicted molar refractivity (Wildman–Crippen MR) is 81.5 cm³/mol. The van der Waals surface area contributed by atoms with Gasteiger partial charge in [0.1, 0.15) is 0 Å². The van der Waals surface area contributed by atoms with E-state index in [0.717, 1.165) is 44.1 Å². The molecule has 108 valence electrons. The second kappa shape index (κ2) is 8.10. The van der Waals surface area contributed by atoms with Gasteiger partial charge in [0.05, 0.1) is 0 Å². The first-order valence-electron chi connectivity index (χ1n) is 7.43. The minimum atomic E-state index is 0.480. The molecule has 0 fully saturated rings. The van der Waals surface area contributed by atoms with Crippen LogP contribution in [-0.2, 0) is 6.54 Å². The SMILES string of the molecule is CCCNCc1cnc(N(CC)C(C)CC)nc1C. The third-order valence-electron chi connectivity index (χ3n) is 3.53. The fourth-order valence-electron chi connectivity index (χ4n) is 2.06. The van der Waals surface area contributed by atoms with Crippen LogP contribution in [0.15, 0.2) is 6.20 Å². The highest BCUT2D eigenvalue weighted by Crippen LogP contribution is 2.15. The van der Waals surface area contributed by atoms with E-state index in [-0.39, 0.29) is 0 Å². The molecule has 0 bridgehead atoms. The van der Waals surface area contributed by atoms with E-state index >= 15 is 0 Å². The van der Waals surface area contributed by atoms with E-state index < -0.39 is 0 Å². The summed E-state index contributed by atoms with van der Waals surface area (Å²) in [4.78, 5) is 11.5. The lowest BCUT2D eigenvalue weighted by Crippen LogP contribution is -2.34. The third kappa shape index (κ3) is 4.46. The standard InChI is InChI=1S/C15H28N4/c1-6-9-16-10-14-11-17-15(18-13(14)5)19(8-3)12(4)7-2/h11-12,16H,6-10H2,1-5H3. The van der Waals surface area contributed by atoms with Gasteiger partial charge >= 0.3 is 0 Å². The van der Waals surface area contributed by atoms with Gasteiger partial charge in [0, 0.05) is 36.6 Å². The van der Waals surface area contributed by atoms with Crippen LogP contribution < -0.4 is 10.2 Å². The van der Waals surface area contributed by atoms with Gasteiger partial charge in [-0.25, -0.2) is 9.97 Å². The number of rotatable bonds is 8. The van der Waals surface area contributed by atoms with E-state index in [9.17, 15) is 0 Å². The Morgan fingerprint density at radius 2 is 2.05 bits per heavy atom. The number of aromatic nitrogens is 2. The van der Waals surface area contributed by atoms with Crippen LogP contribution in [0.4, 0.5) is 5.95 Å². The second-order valence-corrected chi connectivity index (χ2v) is 5.00. The molecule has 1 unspecified atom stereocenters. The zero-order valence-electron chi connectivity index (χ0n) is 13.0. The van der Waals surface area contributed by atoms with Crippen molar-refractivity contribution in [2.75, 3.05) is 18.0 Å². The molecule has 0 saturated carbocycles. The van der Waals surface area contributed by atoms with Crippen LogP contribution in [-0.4, -0.2) is 29.1 Å². The summed E-state index contributed by atoms with van der Waals surface area (Å²) in [5, 5.41) is 3.40. The maximum atomic E-state index is 4.67. The van der Waals surface area contributed by atoms with E-state index in [0.29, 0.717) is 6.04 Å². The van der Waals surface area contributed by atoms with Crippen molar-refractivity contribution >= 4 is 5.95 Å². The maximum absolute atomic E-state index is 4.67. The quantitative estimate of drug-likeness (QED) is 0.733. The average Bonchev–Trinajstić information content (AvgIpc) is 2.42. The number of hydrogen-bond acceptors (Lipinski definition) is 4. The molecule has 1 aromatic rings. The molecule has 0 aromatic carbocycles. The molecule has 0 aliphatic heterocycles. The molecular formula is C15H28N4. The zero-order valence-corrected chi connectivity index (χ0v) is 13.0. The van der Waals surface area contributed by atoms with Crippen molar-refractivity contribution in [3.05, 3.63) is 17.5 Å². The molecule has 0 aliphatic carbocycles. The van der Waals surface area contributed by atoms with Crippen molar-refractivity contribution in [1.82, 2.24) is 15.3 Å². The monoisotopic (exact) mass is 264 g/mol. The Bertz CT molecular complexity index is 378. The molecule has 1 heterocycles. The summed E-state index contributed by atoms with van der Waals surface area (Å²) in [6.45, 7) is 13.7. The Morgan fingerprint density at radius 1 is 1.32 bits per heavy atom. The first kappa shape index (κ1) is 15.9. The second-order valence-electron chi connectivity index (χ2n) is 5.00. The van der Waals surface area contributed by atoms with Crippen molar-refractivity contribution < 1.29 is 0 Å². The Labute approximate surface area is 117 Å². The summed E-state index contributed by atoms with van der Waals surface area (Å²) in [5.74, 6) is 0.855. The summed E-state index contributed by atoms with van der Waals surface area (Å²) >= 11 is 0. The number of anilines is 1. The molecule has 0 spiro atoms. The summed E-state index contributed by atoms with van der Waals surface area (Å²) in [6.07, 6.45) is 4.22. The summed E-state index contributed by atoms with van der Waals surface area (Å²) < 4.78 is 0. The van der Waals surface area contributed by atoms with Gasteiger partial charge in [-0.05, 0) is 40.2 Å². The van der Waals surface area contributed by atoms with Crippen molar-refractivity contribution in [3.8, 4) is 0 Å². The summed E-state index contributed by atoms with van der Waals surface area (Å²) in [7, 11) is 0. The minimum Gasteiger partial charge on any atom is -0.338 e. The largest absolute Gasteiger partial charge is 0.338 e. The van der Waals surface area contributed by atoms with E-state index in [1.807, 2.05) is 6.20 Å². The minimum absolute atomic E-state index is 0.480. The molecule has 4 nitrogen and oxygen atoms in total. The fourth-order valence-corrected chi connectivity index (χ4v) is 2.06. The molecule has 0 amide bonds. The van der Waals surface area contributed by atoms with Gasteiger partial charge < -0.3 is 10.2 Å². The molecule has 1 aromatic heterocycles. The fraction of sp³-hybridized carbons (Fsp3) is 0.733. The van der Waals surface area contributed by atoms with Crippen LogP contribution in [0.2, 0.25) is 0 Å². The van der Waals surface area contributed by atoms with Crippen LogP contribution in [0.5, 0.6) is 0 Å². The number of hydrogen-bond donors (Lipinski definition) is 1. The van der Waals surface area contributed by atoms with Gasteiger partial charge in [-0.2, -0.15) is 0 Å². The van der Waals surface area contributed by atoms with Crippen LogP contribution in [0, 0.1) is 6.92 Å². The highest BCUT2D eigenvalue weighted by molar-refractivity contribution is 5.34. The molecule has 1 rings (SSSR count).